The van der Waals surface area contributed by atoms with Crippen LogP contribution < -0.4 is 10.8 Å². The van der Waals surface area contributed by atoms with E-state index < -0.39 is 0 Å². The number of anilines is 1. The fourth-order valence-corrected chi connectivity index (χ4v) is 2.91. The number of nitrogens with one attached hydrogen (secondary N) is 2. The molecule has 1 aromatic heterocycles. The second-order valence-electron chi connectivity index (χ2n) is 6.38. The van der Waals surface area contributed by atoms with Gasteiger partial charge in [-0.3, -0.25) is 14.3 Å². The summed E-state index contributed by atoms with van der Waals surface area (Å²) in [5.74, 6) is -0.284. The van der Waals surface area contributed by atoms with E-state index in [-0.39, 0.29) is 5.91 Å². The van der Waals surface area contributed by atoms with Crippen molar-refractivity contribution in [2.24, 2.45) is 7.05 Å². The van der Waals surface area contributed by atoms with Gasteiger partial charge in [-0.25, -0.2) is 5.48 Å². The van der Waals surface area contributed by atoms with Crippen molar-refractivity contribution in [3.63, 3.8) is 0 Å². The van der Waals surface area contributed by atoms with Crippen LogP contribution in [0.25, 0.3) is 0 Å². The fourth-order valence-electron chi connectivity index (χ4n) is 2.91. The molecule has 27 heavy (non-hydrogen) atoms. The van der Waals surface area contributed by atoms with Gasteiger partial charge in [0.1, 0.15) is 0 Å². The lowest BCUT2D eigenvalue weighted by Crippen LogP contribution is -2.24. The molecular formula is C21H24N4O2. The third-order valence-corrected chi connectivity index (χ3v) is 4.53. The molecule has 2 N–H and O–H groups in total. The zero-order valence-corrected chi connectivity index (χ0v) is 15.8. The van der Waals surface area contributed by atoms with Crippen LogP contribution in [-0.2, 0) is 25.0 Å². The van der Waals surface area contributed by atoms with Crippen molar-refractivity contribution < 1.29 is 9.63 Å². The molecule has 0 aliphatic carbocycles. The molecule has 2 aromatic carbocycles. The highest BCUT2D eigenvalue weighted by Crippen LogP contribution is 2.19. The van der Waals surface area contributed by atoms with Crippen molar-refractivity contribution in [2.75, 3.05) is 5.32 Å². The molecule has 0 saturated heterocycles. The van der Waals surface area contributed by atoms with Gasteiger partial charge in [0.05, 0.1) is 17.9 Å². The van der Waals surface area contributed by atoms with E-state index >= 15 is 0 Å². The third kappa shape index (κ3) is 4.54. The summed E-state index contributed by atoms with van der Waals surface area (Å²) < 4.78 is 1.86. The average Bonchev–Trinajstić information content (AvgIpc) is 2.92. The van der Waals surface area contributed by atoms with Gasteiger partial charge in [-0.1, -0.05) is 42.5 Å². The van der Waals surface area contributed by atoms with Crippen molar-refractivity contribution >= 4 is 11.6 Å². The van der Waals surface area contributed by atoms with Crippen molar-refractivity contribution in [2.45, 2.75) is 27.0 Å². The van der Waals surface area contributed by atoms with Crippen LogP contribution in [0.3, 0.4) is 0 Å². The summed E-state index contributed by atoms with van der Waals surface area (Å²) in [7, 11) is 1.93. The number of hydrogen-bond donors (Lipinski definition) is 2. The number of carbonyl (C=O) groups excluding carboxylic acids is 1. The number of amides is 1. The maximum absolute atomic E-state index is 12.5. The first kappa shape index (κ1) is 18.7. The number of aromatic nitrogens is 2. The standard InChI is InChI=1S/C21H24N4O2/c1-15-19(16(2)25(3)23-15)13-22-20-12-8-7-11-18(20)21(26)24-27-14-17-9-5-4-6-10-17/h4-12,22H,13-14H2,1-3H3,(H,24,26). The van der Waals surface area contributed by atoms with Crippen LogP contribution in [0, 0.1) is 13.8 Å². The number of aryl methyl sites for hydroxylation is 2. The zero-order chi connectivity index (χ0) is 19.2. The summed E-state index contributed by atoms with van der Waals surface area (Å²) in [6.07, 6.45) is 0. The van der Waals surface area contributed by atoms with Gasteiger partial charge < -0.3 is 5.32 Å². The minimum Gasteiger partial charge on any atom is -0.380 e. The maximum atomic E-state index is 12.5. The molecule has 6 nitrogen and oxygen atoms in total. The molecule has 0 fully saturated rings. The van der Waals surface area contributed by atoms with Gasteiger partial charge in [0.15, 0.2) is 0 Å². The number of hydrogen-bond acceptors (Lipinski definition) is 4. The molecule has 0 aliphatic rings. The number of para-hydroxylation sites is 1. The van der Waals surface area contributed by atoms with Gasteiger partial charge in [0.25, 0.3) is 5.91 Å². The van der Waals surface area contributed by atoms with Gasteiger partial charge in [-0.15, -0.1) is 0 Å². The van der Waals surface area contributed by atoms with Crippen molar-refractivity contribution in [1.82, 2.24) is 15.3 Å². The Kier molecular flexibility index (Phi) is 5.88. The van der Waals surface area contributed by atoms with E-state index in [1.165, 1.54) is 0 Å². The molecule has 0 atom stereocenters. The van der Waals surface area contributed by atoms with E-state index in [0.717, 1.165) is 28.2 Å². The molecule has 0 bridgehead atoms. The highest BCUT2D eigenvalue weighted by Gasteiger charge is 2.13. The molecule has 0 saturated carbocycles. The predicted molar refractivity (Wildman–Crippen MR) is 105 cm³/mol. The van der Waals surface area contributed by atoms with Gasteiger partial charge in [0.2, 0.25) is 0 Å². The monoisotopic (exact) mass is 364 g/mol. The topological polar surface area (TPSA) is 68.2 Å². The highest BCUT2D eigenvalue weighted by atomic mass is 16.6. The second kappa shape index (κ2) is 8.51. The third-order valence-electron chi connectivity index (χ3n) is 4.53. The van der Waals surface area contributed by atoms with Gasteiger partial charge >= 0.3 is 0 Å². The van der Waals surface area contributed by atoms with Crippen molar-refractivity contribution in [3.8, 4) is 0 Å². The van der Waals surface area contributed by atoms with Crippen LogP contribution in [0.15, 0.2) is 54.6 Å². The van der Waals surface area contributed by atoms with Gasteiger partial charge in [-0.2, -0.15) is 5.10 Å². The Labute approximate surface area is 159 Å². The van der Waals surface area contributed by atoms with E-state index in [0.29, 0.717) is 18.7 Å². The normalized spacial score (nSPS) is 10.6. The van der Waals surface area contributed by atoms with E-state index in [1.54, 1.807) is 6.07 Å². The minimum absolute atomic E-state index is 0.284. The molecule has 1 amide bonds. The van der Waals surface area contributed by atoms with Gasteiger partial charge in [0, 0.05) is 30.5 Å². The molecule has 3 aromatic rings. The lowest BCUT2D eigenvalue weighted by molar-refractivity contribution is 0.0234. The number of carbonyl (C=O) groups is 1. The molecule has 0 aliphatic heterocycles. The quantitative estimate of drug-likeness (QED) is 0.630. The first-order chi connectivity index (χ1) is 13.1. The number of nitrogens with zero attached hydrogens (tertiary/aromatic N) is 2. The summed E-state index contributed by atoms with van der Waals surface area (Å²) in [5, 5.41) is 7.77. The lowest BCUT2D eigenvalue weighted by Gasteiger charge is -2.12. The average molecular weight is 364 g/mol. The Hall–Kier alpha value is -3.12. The Balaban J connectivity index is 1.63. The molecule has 140 valence electrons. The van der Waals surface area contributed by atoms with E-state index in [2.05, 4.69) is 15.9 Å². The van der Waals surface area contributed by atoms with Crippen molar-refractivity contribution in [1.29, 1.82) is 0 Å². The zero-order valence-electron chi connectivity index (χ0n) is 15.8. The van der Waals surface area contributed by atoms with Crippen LogP contribution >= 0.6 is 0 Å². The van der Waals surface area contributed by atoms with E-state index in [4.69, 9.17) is 4.84 Å². The summed E-state index contributed by atoms with van der Waals surface area (Å²) in [4.78, 5) is 17.9. The molecule has 0 unspecified atom stereocenters. The number of rotatable bonds is 7. The van der Waals surface area contributed by atoms with Crippen molar-refractivity contribution in [3.05, 3.63) is 82.7 Å². The number of hydroxylamine groups is 1. The van der Waals surface area contributed by atoms with Crippen LogP contribution in [-0.4, -0.2) is 15.7 Å². The Morgan fingerprint density at radius 1 is 1.07 bits per heavy atom. The van der Waals surface area contributed by atoms with Crippen LogP contribution in [0.2, 0.25) is 0 Å². The first-order valence-corrected chi connectivity index (χ1v) is 8.84. The number of benzene rings is 2. The molecule has 0 radical (unpaired) electrons. The lowest BCUT2D eigenvalue weighted by atomic mass is 10.1. The first-order valence-electron chi connectivity index (χ1n) is 8.84. The Morgan fingerprint density at radius 3 is 2.48 bits per heavy atom. The molecular weight excluding hydrogens is 340 g/mol. The van der Waals surface area contributed by atoms with Crippen LogP contribution in [0.1, 0.15) is 32.9 Å². The highest BCUT2D eigenvalue weighted by molar-refractivity contribution is 5.99. The predicted octanol–water partition coefficient (Wildman–Crippen LogP) is 3.51. The van der Waals surface area contributed by atoms with Gasteiger partial charge in [-0.05, 0) is 31.5 Å². The molecule has 0 spiro atoms. The van der Waals surface area contributed by atoms with E-state index in [9.17, 15) is 4.79 Å². The fraction of sp³-hybridized carbons (Fsp3) is 0.238. The molecule has 3 rings (SSSR count). The minimum atomic E-state index is -0.284. The summed E-state index contributed by atoms with van der Waals surface area (Å²) in [5.41, 5.74) is 8.01. The molecule has 6 heteroatoms. The Bertz CT molecular complexity index is 919. The summed E-state index contributed by atoms with van der Waals surface area (Å²) in [6, 6.07) is 17.1. The maximum Gasteiger partial charge on any atom is 0.276 e. The largest absolute Gasteiger partial charge is 0.380 e. The van der Waals surface area contributed by atoms with Crippen LogP contribution in [0.4, 0.5) is 5.69 Å². The second-order valence-corrected chi connectivity index (χ2v) is 6.38. The molecule has 1 heterocycles. The SMILES string of the molecule is Cc1nn(C)c(C)c1CNc1ccccc1C(=O)NOCc1ccccc1. The van der Waals surface area contributed by atoms with Crippen LogP contribution in [0.5, 0.6) is 0 Å². The summed E-state index contributed by atoms with van der Waals surface area (Å²) >= 11 is 0. The summed E-state index contributed by atoms with van der Waals surface area (Å²) in [6.45, 7) is 4.93. The smallest absolute Gasteiger partial charge is 0.276 e. The Morgan fingerprint density at radius 2 is 1.78 bits per heavy atom. The van der Waals surface area contributed by atoms with E-state index in [1.807, 2.05) is 74.1 Å².